The fraction of sp³-hybridized carbons (Fsp3) is 0.625. The Kier molecular flexibility index (Phi) is 7.53. The molecule has 1 N–H and O–H groups in total. The minimum absolute atomic E-state index is 0.0395. The molecule has 108 valence electrons. The van der Waals surface area contributed by atoms with Gasteiger partial charge in [-0.3, -0.25) is 0 Å². The molecule has 0 spiro atoms. The molecule has 0 aliphatic carbocycles. The van der Waals surface area contributed by atoms with E-state index >= 15 is 0 Å². The first-order chi connectivity index (χ1) is 9.22. The van der Waals surface area contributed by atoms with Crippen molar-refractivity contribution < 1.29 is 9.47 Å². The molecule has 0 saturated heterocycles. The molecule has 1 aromatic rings. The average Bonchev–Trinajstić information content (AvgIpc) is 2.46. The van der Waals surface area contributed by atoms with E-state index in [1.807, 2.05) is 18.2 Å². The predicted octanol–water partition coefficient (Wildman–Crippen LogP) is 3.55. The van der Waals surface area contributed by atoms with Crippen LogP contribution in [0.4, 0.5) is 0 Å². The molecule has 1 rings (SSSR count). The third-order valence-corrected chi connectivity index (χ3v) is 3.21. The fourth-order valence-electron chi connectivity index (χ4n) is 1.95. The Labute approximate surface area is 117 Å². The molecular formula is C16H27NO2. The summed E-state index contributed by atoms with van der Waals surface area (Å²) in [6.07, 6.45) is 2.43. The van der Waals surface area contributed by atoms with E-state index in [1.165, 1.54) is 0 Å². The Balaban J connectivity index is 2.81. The van der Waals surface area contributed by atoms with Gasteiger partial charge in [-0.1, -0.05) is 32.0 Å². The molecule has 2 atom stereocenters. The number of nitrogens with one attached hydrogen (secondary N) is 1. The zero-order valence-corrected chi connectivity index (χ0v) is 12.6. The van der Waals surface area contributed by atoms with Crippen LogP contribution in [0.3, 0.4) is 0 Å². The van der Waals surface area contributed by atoms with Gasteiger partial charge in [0.05, 0.1) is 19.3 Å². The van der Waals surface area contributed by atoms with E-state index in [4.69, 9.17) is 9.47 Å². The second-order valence-corrected chi connectivity index (χ2v) is 4.79. The molecule has 0 saturated carbocycles. The van der Waals surface area contributed by atoms with Crippen LogP contribution in [0.2, 0.25) is 0 Å². The van der Waals surface area contributed by atoms with Crippen molar-refractivity contribution in [1.29, 1.82) is 0 Å². The van der Waals surface area contributed by atoms with Crippen molar-refractivity contribution in [2.24, 2.45) is 0 Å². The second kappa shape index (κ2) is 8.94. The van der Waals surface area contributed by atoms with Crippen LogP contribution in [0, 0.1) is 0 Å². The zero-order valence-electron chi connectivity index (χ0n) is 12.6. The van der Waals surface area contributed by atoms with Crippen molar-refractivity contribution in [1.82, 2.24) is 5.32 Å². The standard InChI is InChI=1S/C16H27NO2/c1-5-11-17-12-16(19-13(3)6-2)14-9-7-8-10-15(14)18-4/h7-10,13,16-17H,5-6,11-12H2,1-4H3. The van der Waals surface area contributed by atoms with Crippen LogP contribution in [0.25, 0.3) is 0 Å². The van der Waals surface area contributed by atoms with Gasteiger partial charge in [-0.25, -0.2) is 0 Å². The molecule has 0 bridgehead atoms. The Hall–Kier alpha value is -1.06. The highest BCUT2D eigenvalue weighted by molar-refractivity contribution is 5.35. The van der Waals surface area contributed by atoms with Gasteiger partial charge in [0.25, 0.3) is 0 Å². The van der Waals surface area contributed by atoms with Gasteiger partial charge in [-0.2, -0.15) is 0 Å². The molecule has 0 amide bonds. The van der Waals surface area contributed by atoms with Crippen LogP contribution in [-0.4, -0.2) is 26.3 Å². The Morgan fingerprint density at radius 1 is 1.21 bits per heavy atom. The summed E-state index contributed by atoms with van der Waals surface area (Å²) in [6.45, 7) is 8.25. The molecule has 1 aromatic carbocycles. The molecule has 3 nitrogen and oxygen atoms in total. The maximum atomic E-state index is 6.13. The first-order valence-electron chi connectivity index (χ1n) is 7.21. The van der Waals surface area contributed by atoms with Crippen molar-refractivity contribution in [2.75, 3.05) is 20.2 Å². The van der Waals surface area contributed by atoms with Crippen LogP contribution in [0.15, 0.2) is 24.3 Å². The van der Waals surface area contributed by atoms with Gasteiger partial charge in [-0.15, -0.1) is 0 Å². The summed E-state index contributed by atoms with van der Waals surface area (Å²) in [7, 11) is 1.71. The number of para-hydroxylation sites is 1. The second-order valence-electron chi connectivity index (χ2n) is 4.79. The lowest BCUT2D eigenvalue weighted by atomic mass is 10.1. The predicted molar refractivity (Wildman–Crippen MR) is 79.7 cm³/mol. The van der Waals surface area contributed by atoms with E-state index in [2.05, 4.69) is 32.2 Å². The van der Waals surface area contributed by atoms with E-state index in [0.29, 0.717) is 0 Å². The number of rotatable bonds is 9. The van der Waals surface area contributed by atoms with Gasteiger partial charge in [0, 0.05) is 12.1 Å². The quantitative estimate of drug-likeness (QED) is 0.693. The van der Waals surface area contributed by atoms with Gasteiger partial charge in [0.2, 0.25) is 0 Å². The lowest BCUT2D eigenvalue weighted by Gasteiger charge is -2.24. The molecular weight excluding hydrogens is 238 g/mol. The van der Waals surface area contributed by atoms with Gasteiger partial charge in [0.15, 0.2) is 0 Å². The van der Waals surface area contributed by atoms with E-state index < -0.39 is 0 Å². The third kappa shape index (κ3) is 5.21. The topological polar surface area (TPSA) is 30.5 Å². The van der Waals surface area contributed by atoms with Gasteiger partial charge in [0.1, 0.15) is 5.75 Å². The maximum Gasteiger partial charge on any atom is 0.124 e. The maximum absolute atomic E-state index is 6.13. The van der Waals surface area contributed by atoms with Crippen molar-refractivity contribution in [3.63, 3.8) is 0 Å². The normalized spacial score (nSPS) is 14.1. The monoisotopic (exact) mass is 265 g/mol. The largest absolute Gasteiger partial charge is 0.496 e. The van der Waals surface area contributed by atoms with Crippen LogP contribution in [-0.2, 0) is 4.74 Å². The highest BCUT2D eigenvalue weighted by atomic mass is 16.5. The molecule has 0 aliphatic heterocycles. The summed E-state index contributed by atoms with van der Waals surface area (Å²) in [4.78, 5) is 0. The lowest BCUT2D eigenvalue weighted by Crippen LogP contribution is -2.26. The van der Waals surface area contributed by atoms with Gasteiger partial charge in [-0.05, 0) is 32.4 Å². The average molecular weight is 265 g/mol. The number of benzene rings is 1. The molecule has 19 heavy (non-hydrogen) atoms. The van der Waals surface area contributed by atoms with Crippen molar-refractivity contribution in [3.05, 3.63) is 29.8 Å². The molecule has 0 radical (unpaired) electrons. The molecule has 0 heterocycles. The van der Waals surface area contributed by atoms with Gasteiger partial charge < -0.3 is 14.8 Å². The van der Waals surface area contributed by atoms with Crippen LogP contribution in [0.1, 0.15) is 45.3 Å². The van der Waals surface area contributed by atoms with Crippen molar-refractivity contribution in [2.45, 2.75) is 45.8 Å². The van der Waals surface area contributed by atoms with E-state index in [1.54, 1.807) is 7.11 Å². The highest BCUT2D eigenvalue weighted by Gasteiger charge is 2.18. The summed E-state index contributed by atoms with van der Waals surface area (Å²) in [5.74, 6) is 0.897. The minimum Gasteiger partial charge on any atom is -0.496 e. The van der Waals surface area contributed by atoms with E-state index in [-0.39, 0.29) is 12.2 Å². The molecule has 0 aliphatic rings. The van der Waals surface area contributed by atoms with Crippen molar-refractivity contribution >= 4 is 0 Å². The van der Waals surface area contributed by atoms with Crippen LogP contribution >= 0.6 is 0 Å². The van der Waals surface area contributed by atoms with E-state index in [0.717, 1.165) is 37.2 Å². The lowest BCUT2D eigenvalue weighted by molar-refractivity contribution is -0.00548. The first-order valence-corrected chi connectivity index (χ1v) is 7.21. The Morgan fingerprint density at radius 3 is 2.58 bits per heavy atom. The fourth-order valence-corrected chi connectivity index (χ4v) is 1.95. The smallest absolute Gasteiger partial charge is 0.124 e. The summed E-state index contributed by atoms with van der Waals surface area (Å²) in [5.41, 5.74) is 1.12. The number of hydrogen-bond donors (Lipinski definition) is 1. The SMILES string of the molecule is CCCNCC(OC(C)CC)c1ccccc1OC. The third-order valence-electron chi connectivity index (χ3n) is 3.21. The first kappa shape index (κ1) is 16.0. The van der Waals surface area contributed by atoms with Gasteiger partial charge >= 0.3 is 0 Å². The number of methoxy groups -OCH3 is 1. The minimum atomic E-state index is 0.0395. The van der Waals surface area contributed by atoms with Crippen LogP contribution < -0.4 is 10.1 Å². The highest BCUT2D eigenvalue weighted by Crippen LogP contribution is 2.28. The molecule has 3 heteroatoms. The summed E-state index contributed by atoms with van der Waals surface area (Å²) in [5, 5.41) is 3.43. The molecule has 2 unspecified atom stereocenters. The van der Waals surface area contributed by atoms with E-state index in [9.17, 15) is 0 Å². The molecule has 0 aromatic heterocycles. The number of ether oxygens (including phenoxy) is 2. The Morgan fingerprint density at radius 2 is 1.95 bits per heavy atom. The summed E-state index contributed by atoms with van der Waals surface area (Å²) in [6, 6.07) is 8.09. The summed E-state index contributed by atoms with van der Waals surface area (Å²) >= 11 is 0. The number of hydrogen-bond acceptors (Lipinski definition) is 3. The molecule has 0 fully saturated rings. The van der Waals surface area contributed by atoms with Crippen molar-refractivity contribution in [3.8, 4) is 5.75 Å². The summed E-state index contributed by atoms with van der Waals surface area (Å²) < 4.78 is 11.6. The van der Waals surface area contributed by atoms with Crippen LogP contribution in [0.5, 0.6) is 5.75 Å². The Bertz CT molecular complexity index is 354. The zero-order chi connectivity index (χ0) is 14.1.